The Morgan fingerprint density at radius 2 is 2.00 bits per heavy atom. The Morgan fingerprint density at radius 3 is 2.59 bits per heavy atom. The van der Waals surface area contributed by atoms with Gasteiger partial charge in [0.2, 0.25) is 0 Å². The molecule has 0 atom stereocenters. The fourth-order valence-electron chi connectivity index (χ4n) is 1.29. The van der Waals surface area contributed by atoms with E-state index in [1.165, 1.54) is 18.7 Å². The minimum Gasteiger partial charge on any atom is -0.497 e. The van der Waals surface area contributed by atoms with Gasteiger partial charge in [-0.05, 0) is 24.1 Å². The molecular formula is C13H17NO3. The van der Waals surface area contributed by atoms with Crippen LogP contribution >= 0.6 is 0 Å². The van der Waals surface area contributed by atoms with Crippen LogP contribution in [0.15, 0.2) is 36.5 Å². The number of carbonyl (C=O) groups is 1. The van der Waals surface area contributed by atoms with Crippen molar-refractivity contribution in [3.63, 3.8) is 0 Å². The second-order valence-corrected chi connectivity index (χ2v) is 3.41. The summed E-state index contributed by atoms with van der Waals surface area (Å²) in [5, 5.41) is 3.02. The Bertz CT molecular complexity index is 371. The molecule has 92 valence electrons. The minimum atomic E-state index is -0.359. The summed E-state index contributed by atoms with van der Waals surface area (Å²) in [5.41, 5.74) is 1.21. The van der Waals surface area contributed by atoms with Gasteiger partial charge in [0, 0.05) is 18.8 Å². The summed E-state index contributed by atoms with van der Waals surface area (Å²) in [6.45, 7) is 0.764. The van der Waals surface area contributed by atoms with Gasteiger partial charge in [-0.25, -0.2) is 4.79 Å². The molecule has 0 saturated carbocycles. The summed E-state index contributed by atoms with van der Waals surface area (Å²) in [6, 6.07) is 7.90. The highest BCUT2D eigenvalue weighted by Gasteiger charge is 1.94. The molecule has 0 aliphatic rings. The molecule has 0 aliphatic carbocycles. The molecular weight excluding hydrogens is 218 g/mol. The summed E-state index contributed by atoms with van der Waals surface area (Å²) in [7, 11) is 3.00. The molecule has 0 aromatic heterocycles. The Hall–Kier alpha value is -1.97. The lowest BCUT2D eigenvalue weighted by molar-refractivity contribution is -0.134. The SMILES string of the molecule is COC(=O)/C=C/NCCc1ccc(OC)cc1. The minimum absolute atomic E-state index is 0.359. The van der Waals surface area contributed by atoms with Gasteiger partial charge in [-0.1, -0.05) is 12.1 Å². The summed E-state index contributed by atoms with van der Waals surface area (Å²) < 4.78 is 9.53. The maximum atomic E-state index is 10.8. The first-order valence-corrected chi connectivity index (χ1v) is 5.37. The summed E-state index contributed by atoms with van der Waals surface area (Å²) in [4.78, 5) is 10.8. The van der Waals surface area contributed by atoms with E-state index < -0.39 is 0 Å². The van der Waals surface area contributed by atoms with Gasteiger partial charge in [-0.2, -0.15) is 0 Å². The van der Waals surface area contributed by atoms with E-state index in [9.17, 15) is 4.79 Å². The predicted octanol–water partition coefficient (Wildman–Crippen LogP) is 1.51. The Morgan fingerprint density at radius 1 is 1.29 bits per heavy atom. The van der Waals surface area contributed by atoms with Crippen LogP contribution in [0.5, 0.6) is 5.75 Å². The molecule has 0 saturated heterocycles. The number of rotatable bonds is 6. The highest BCUT2D eigenvalue weighted by atomic mass is 16.5. The quantitative estimate of drug-likeness (QED) is 0.461. The molecule has 4 nitrogen and oxygen atoms in total. The molecule has 0 radical (unpaired) electrons. The Labute approximate surface area is 101 Å². The highest BCUT2D eigenvalue weighted by molar-refractivity contribution is 5.81. The molecule has 0 heterocycles. The third-order valence-electron chi connectivity index (χ3n) is 2.26. The lowest BCUT2D eigenvalue weighted by atomic mass is 10.1. The van der Waals surface area contributed by atoms with E-state index in [4.69, 9.17) is 4.74 Å². The van der Waals surface area contributed by atoms with Gasteiger partial charge in [0.15, 0.2) is 0 Å². The molecule has 17 heavy (non-hydrogen) atoms. The van der Waals surface area contributed by atoms with Crippen LogP contribution in [0.25, 0.3) is 0 Å². The number of esters is 1. The second-order valence-electron chi connectivity index (χ2n) is 3.41. The van der Waals surface area contributed by atoms with Crippen molar-refractivity contribution in [3.05, 3.63) is 42.1 Å². The van der Waals surface area contributed by atoms with Crippen LogP contribution in [-0.2, 0) is 16.0 Å². The molecule has 1 aromatic carbocycles. The van der Waals surface area contributed by atoms with Crippen molar-refractivity contribution in [1.29, 1.82) is 0 Å². The van der Waals surface area contributed by atoms with Crippen molar-refractivity contribution >= 4 is 5.97 Å². The van der Waals surface area contributed by atoms with Crippen molar-refractivity contribution in [2.24, 2.45) is 0 Å². The van der Waals surface area contributed by atoms with E-state index in [-0.39, 0.29) is 5.97 Å². The van der Waals surface area contributed by atoms with Crippen LogP contribution < -0.4 is 10.1 Å². The van der Waals surface area contributed by atoms with Crippen molar-refractivity contribution < 1.29 is 14.3 Å². The number of nitrogens with one attached hydrogen (secondary N) is 1. The Balaban J connectivity index is 2.26. The summed E-state index contributed by atoms with van der Waals surface area (Å²) in [5.74, 6) is 0.495. The average molecular weight is 235 g/mol. The third-order valence-corrected chi connectivity index (χ3v) is 2.26. The average Bonchev–Trinajstić information content (AvgIpc) is 2.38. The van der Waals surface area contributed by atoms with Crippen LogP contribution in [0.2, 0.25) is 0 Å². The standard InChI is InChI=1S/C13H17NO3/c1-16-12-5-3-11(4-6-12)7-9-14-10-8-13(15)17-2/h3-6,8,10,14H,7,9H2,1-2H3/b10-8+. The molecule has 1 aromatic rings. The van der Waals surface area contributed by atoms with Crippen molar-refractivity contribution in [1.82, 2.24) is 5.32 Å². The molecule has 0 amide bonds. The van der Waals surface area contributed by atoms with Gasteiger partial charge in [0.25, 0.3) is 0 Å². The zero-order valence-corrected chi connectivity index (χ0v) is 10.1. The zero-order chi connectivity index (χ0) is 12.5. The lowest BCUT2D eigenvalue weighted by Crippen LogP contribution is -2.10. The molecule has 1 N–H and O–H groups in total. The van der Waals surface area contributed by atoms with Crippen LogP contribution in [0.1, 0.15) is 5.56 Å². The molecule has 0 spiro atoms. The van der Waals surface area contributed by atoms with Crippen molar-refractivity contribution in [2.45, 2.75) is 6.42 Å². The molecule has 4 heteroatoms. The summed E-state index contributed by atoms with van der Waals surface area (Å²) in [6.07, 6.45) is 3.83. The van der Waals surface area contributed by atoms with Crippen LogP contribution in [0.3, 0.4) is 0 Å². The number of hydrogen-bond acceptors (Lipinski definition) is 4. The molecule has 0 bridgehead atoms. The fraction of sp³-hybridized carbons (Fsp3) is 0.308. The smallest absolute Gasteiger partial charge is 0.331 e. The van der Waals surface area contributed by atoms with Gasteiger partial charge in [-0.15, -0.1) is 0 Å². The number of hydrogen-bond donors (Lipinski definition) is 1. The van der Waals surface area contributed by atoms with Crippen LogP contribution in [0, 0.1) is 0 Å². The van der Waals surface area contributed by atoms with Crippen LogP contribution in [0.4, 0.5) is 0 Å². The zero-order valence-electron chi connectivity index (χ0n) is 10.1. The van der Waals surface area contributed by atoms with Gasteiger partial charge in [0.1, 0.15) is 5.75 Å². The van der Waals surface area contributed by atoms with E-state index in [1.54, 1.807) is 13.3 Å². The Kier molecular flexibility index (Phi) is 5.64. The molecule has 0 fully saturated rings. The van der Waals surface area contributed by atoms with Gasteiger partial charge in [0.05, 0.1) is 14.2 Å². The number of benzene rings is 1. The maximum Gasteiger partial charge on any atom is 0.331 e. The number of ether oxygens (including phenoxy) is 2. The van der Waals surface area contributed by atoms with E-state index in [0.717, 1.165) is 18.7 Å². The van der Waals surface area contributed by atoms with Crippen molar-refractivity contribution in [3.8, 4) is 5.75 Å². The van der Waals surface area contributed by atoms with Crippen molar-refractivity contribution in [2.75, 3.05) is 20.8 Å². The maximum absolute atomic E-state index is 10.8. The van der Waals surface area contributed by atoms with E-state index in [1.807, 2.05) is 24.3 Å². The summed E-state index contributed by atoms with van der Waals surface area (Å²) >= 11 is 0. The molecule has 1 rings (SSSR count). The third kappa shape index (κ3) is 5.06. The van der Waals surface area contributed by atoms with Gasteiger partial charge in [-0.3, -0.25) is 0 Å². The van der Waals surface area contributed by atoms with E-state index in [0.29, 0.717) is 0 Å². The normalized spacial score (nSPS) is 10.2. The number of methoxy groups -OCH3 is 2. The monoisotopic (exact) mass is 235 g/mol. The topological polar surface area (TPSA) is 47.6 Å². The van der Waals surface area contributed by atoms with Gasteiger partial charge >= 0.3 is 5.97 Å². The van der Waals surface area contributed by atoms with E-state index >= 15 is 0 Å². The predicted molar refractivity (Wildman–Crippen MR) is 65.9 cm³/mol. The van der Waals surface area contributed by atoms with Crippen LogP contribution in [-0.4, -0.2) is 26.7 Å². The highest BCUT2D eigenvalue weighted by Crippen LogP contribution is 2.11. The lowest BCUT2D eigenvalue weighted by Gasteiger charge is -2.03. The molecule has 0 aliphatic heterocycles. The molecule has 0 unspecified atom stereocenters. The first-order chi connectivity index (χ1) is 8.26. The fourth-order valence-corrected chi connectivity index (χ4v) is 1.29. The number of carbonyl (C=O) groups excluding carboxylic acids is 1. The van der Waals surface area contributed by atoms with E-state index in [2.05, 4.69) is 10.1 Å². The first kappa shape index (κ1) is 13.1. The largest absolute Gasteiger partial charge is 0.497 e. The second kappa shape index (κ2) is 7.33. The van der Waals surface area contributed by atoms with Gasteiger partial charge < -0.3 is 14.8 Å². The first-order valence-electron chi connectivity index (χ1n) is 5.37.